The van der Waals surface area contributed by atoms with Gasteiger partial charge in [-0.3, -0.25) is 15.6 Å². The van der Waals surface area contributed by atoms with Crippen molar-refractivity contribution in [1.82, 2.24) is 20.7 Å². The molecule has 1 aromatic rings. The number of carbonyl (C=O) groups is 1. The van der Waals surface area contributed by atoms with Crippen LogP contribution in [-0.4, -0.2) is 53.2 Å². The molecule has 0 spiro atoms. The Morgan fingerprint density at radius 3 is 2.77 bits per heavy atom. The fourth-order valence-corrected chi connectivity index (χ4v) is 6.29. The Kier molecular flexibility index (Phi) is 5.58. The Hall–Kier alpha value is -1.87. The molecule has 9 heteroatoms. The molecule has 1 amide bonds. The average Bonchev–Trinajstić information content (AvgIpc) is 3.43. The largest absolute Gasteiger partial charge is 0.406 e. The van der Waals surface area contributed by atoms with Crippen molar-refractivity contribution < 1.29 is 18.0 Å². The number of nitrogens with one attached hydrogen (secondary N) is 3. The van der Waals surface area contributed by atoms with Gasteiger partial charge in [-0.1, -0.05) is 18.9 Å². The number of aromatic nitrogens is 1. The van der Waals surface area contributed by atoms with Crippen molar-refractivity contribution in [3.05, 3.63) is 23.9 Å². The number of carbonyl (C=O) groups excluding carboxylic acids is 1. The molecule has 2 saturated heterocycles. The smallest absolute Gasteiger partial charge is 0.367 e. The average molecular weight is 438 g/mol. The molecule has 3 N–H and O–H groups in total. The zero-order chi connectivity index (χ0) is 21.6. The van der Waals surface area contributed by atoms with Gasteiger partial charge in [-0.25, -0.2) is 4.98 Å². The van der Waals surface area contributed by atoms with Crippen molar-refractivity contribution in [3.8, 4) is 0 Å². The first-order chi connectivity index (χ1) is 14.9. The third kappa shape index (κ3) is 4.14. The van der Waals surface area contributed by atoms with Gasteiger partial charge in [0.05, 0.1) is 5.92 Å². The predicted molar refractivity (Wildman–Crippen MR) is 110 cm³/mol. The molecular formula is C22H30F3N5O. The third-order valence-electron chi connectivity index (χ3n) is 7.68. The van der Waals surface area contributed by atoms with Crippen LogP contribution in [0.3, 0.4) is 0 Å². The molecule has 1 aromatic heterocycles. The molecule has 5 unspecified atom stereocenters. The first-order valence-corrected chi connectivity index (χ1v) is 11.5. The van der Waals surface area contributed by atoms with Crippen LogP contribution in [-0.2, 0) is 4.79 Å². The van der Waals surface area contributed by atoms with Gasteiger partial charge in [-0.2, -0.15) is 13.2 Å². The Balaban J connectivity index is 1.40. The van der Waals surface area contributed by atoms with Gasteiger partial charge in [0.1, 0.15) is 12.4 Å². The van der Waals surface area contributed by atoms with E-state index in [1.54, 1.807) is 6.20 Å². The number of hydrogen-bond donors (Lipinski definition) is 3. The molecule has 4 fully saturated rings. The maximum Gasteiger partial charge on any atom is 0.406 e. The SMILES string of the molecule is O=C1C2CNNC2C2CCC(c3cccnc3NC3CCCC3)CC2N1CC(F)(F)F. The molecule has 4 aliphatic rings. The van der Waals surface area contributed by atoms with Gasteiger partial charge < -0.3 is 10.2 Å². The first kappa shape index (κ1) is 21.0. The second-order valence-electron chi connectivity index (χ2n) is 9.55. The molecule has 2 saturated carbocycles. The van der Waals surface area contributed by atoms with Crippen LogP contribution in [0.5, 0.6) is 0 Å². The van der Waals surface area contributed by atoms with Gasteiger partial charge in [0.15, 0.2) is 0 Å². The molecule has 5 rings (SSSR count). The monoisotopic (exact) mass is 437 g/mol. The highest BCUT2D eigenvalue weighted by Gasteiger charge is 2.54. The lowest BCUT2D eigenvalue weighted by atomic mass is 9.67. The number of rotatable bonds is 4. The minimum absolute atomic E-state index is 0.0270. The fourth-order valence-electron chi connectivity index (χ4n) is 6.29. The summed E-state index contributed by atoms with van der Waals surface area (Å²) in [4.78, 5) is 18.7. The molecular weight excluding hydrogens is 407 g/mol. The molecule has 0 bridgehead atoms. The quantitative estimate of drug-likeness (QED) is 0.675. The second kappa shape index (κ2) is 8.24. The van der Waals surface area contributed by atoms with Gasteiger partial charge in [-0.05, 0) is 55.6 Å². The van der Waals surface area contributed by atoms with Crippen LogP contribution in [0.25, 0.3) is 0 Å². The van der Waals surface area contributed by atoms with Crippen LogP contribution in [0, 0.1) is 11.8 Å². The summed E-state index contributed by atoms with van der Waals surface area (Å²) in [6.45, 7) is -0.772. The number of anilines is 1. The predicted octanol–water partition coefficient (Wildman–Crippen LogP) is 3.19. The Labute approximate surface area is 180 Å². The number of hydrogen-bond acceptors (Lipinski definition) is 5. The summed E-state index contributed by atoms with van der Waals surface area (Å²) >= 11 is 0. The molecule has 5 atom stereocenters. The zero-order valence-corrected chi connectivity index (χ0v) is 17.5. The lowest BCUT2D eigenvalue weighted by Crippen LogP contribution is -2.63. The van der Waals surface area contributed by atoms with E-state index in [-0.39, 0.29) is 23.8 Å². The summed E-state index contributed by atoms with van der Waals surface area (Å²) < 4.78 is 40.1. The van der Waals surface area contributed by atoms with Crippen LogP contribution < -0.4 is 16.2 Å². The molecule has 0 aromatic carbocycles. The molecule has 170 valence electrons. The molecule has 0 radical (unpaired) electrons. The normalized spacial score (nSPS) is 34.0. The van der Waals surface area contributed by atoms with Crippen LogP contribution in [0.1, 0.15) is 56.4 Å². The fraction of sp³-hybridized carbons (Fsp3) is 0.727. The molecule has 31 heavy (non-hydrogen) atoms. The van der Waals surface area contributed by atoms with Crippen molar-refractivity contribution in [2.75, 3.05) is 18.4 Å². The van der Waals surface area contributed by atoms with Crippen molar-refractivity contribution in [1.29, 1.82) is 0 Å². The topological polar surface area (TPSA) is 69.3 Å². The Morgan fingerprint density at radius 2 is 2.00 bits per heavy atom. The number of pyridine rings is 1. The van der Waals surface area contributed by atoms with Crippen LogP contribution in [0.2, 0.25) is 0 Å². The van der Waals surface area contributed by atoms with E-state index in [9.17, 15) is 18.0 Å². The highest BCUT2D eigenvalue weighted by Crippen LogP contribution is 2.46. The number of halogens is 3. The molecule has 3 heterocycles. The number of nitrogens with zero attached hydrogens (tertiary/aromatic N) is 2. The number of amides is 1. The second-order valence-corrected chi connectivity index (χ2v) is 9.55. The van der Waals surface area contributed by atoms with Crippen LogP contribution >= 0.6 is 0 Å². The van der Waals surface area contributed by atoms with Crippen LogP contribution in [0.4, 0.5) is 19.0 Å². The number of fused-ring (bicyclic) bond motifs is 3. The maximum absolute atomic E-state index is 13.4. The number of alkyl halides is 3. The van der Waals surface area contributed by atoms with E-state index in [1.807, 2.05) is 12.1 Å². The van der Waals surface area contributed by atoms with Crippen molar-refractivity contribution in [2.45, 2.75) is 75.2 Å². The number of hydrazine groups is 1. The van der Waals surface area contributed by atoms with Gasteiger partial charge in [-0.15, -0.1) is 0 Å². The van der Waals surface area contributed by atoms with E-state index in [2.05, 4.69) is 21.2 Å². The van der Waals surface area contributed by atoms with E-state index in [4.69, 9.17) is 0 Å². The standard InChI is InChI=1S/C22H30F3N5O/c23-22(24,25)12-30-18-10-13(7-8-16(18)19-17(21(30)31)11-27-29-19)15-6-3-9-26-20(15)28-14-4-1-2-5-14/h3,6,9,13-14,16-19,27,29H,1-2,4-5,7-8,10-12H2,(H,26,28). The first-order valence-electron chi connectivity index (χ1n) is 11.5. The van der Waals surface area contributed by atoms with Crippen LogP contribution in [0.15, 0.2) is 18.3 Å². The Morgan fingerprint density at radius 1 is 1.19 bits per heavy atom. The van der Waals surface area contributed by atoms with Crippen molar-refractivity contribution in [2.24, 2.45) is 11.8 Å². The maximum atomic E-state index is 13.4. The van der Waals surface area contributed by atoms with E-state index in [0.717, 1.165) is 42.0 Å². The van der Waals surface area contributed by atoms with Gasteiger partial charge >= 0.3 is 6.18 Å². The van der Waals surface area contributed by atoms with E-state index in [0.29, 0.717) is 19.0 Å². The summed E-state index contributed by atoms with van der Waals surface area (Å²) in [5.41, 5.74) is 7.26. The molecule has 2 aliphatic heterocycles. The lowest BCUT2D eigenvalue weighted by Gasteiger charge is -2.50. The highest BCUT2D eigenvalue weighted by molar-refractivity contribution is 5.82. The summed E-state index contributed by atoms with van der Waals surface area (Å²) in [7, 11) is 0. The molecule has 2 aliphatic carbocycles. The van der Waals surface area contributed by atoms with E-state index >= 15 is 0 Å². The summed E-state index contributed by atoms with van der Waals surface area (Å²) in [5, 5.41) is 3.58. The van der Waals surface area contributed by atoms with Crippen molar-refractivity contribution in [3.63, 3.8) is 0 Å². The minimum atomic E-state index is -4.40. The zero-order valence-electron chi connectivity index (χ0n) is 17.5. The number of piperidine rings is 1. The van der Waals surface area contributed by atoms with E-state index < -0.39 is 24.7 Å². The van der Waals surface area contributed by atoms with Gasteiger partial charge in [0.25, 0.3) is 0 Å². The lowest BCUT2D eigenvalue weighted by molar-refractivity contribution is -0.178. The minimum Gasteiger partial charge on any atom is -0.367 e. The molecule has 6 nitrogen and oxygen atoms in total. The van der Waals surface area contributed by atoms with Crippen molar-refractivity contribution >= 4 is 11.7 Å². The van der Waals surface area contributed by atoms with Gasteiger partial charge in [0.2, 0.25) is 5.91 Å². The van der Waals surface area contributed by atoms with E-state index in [1.165, 1.54) is 12.8 Å². The number of likely N-dealkylation sites (tertiary alicyclic amines) is 1. The highest BCUT2D eigenvalue weighted by atomic mass is 19.4. The summed E-state index contributed by atoms with van der Waals surface area (Å²) in [5.74, 6) is 0.184. The third-order valence-corrected chi connectivity index (χ3v) is 7.68. The summed E-state index contributed by atoms with van der Waals surface area (Å²) in [6, 6.07) is 3.86. The summed E-state index contributed by atoms with van der Waals surface area (Å²) in [6.07, 6.45) is 4.28. The van der Waals surface area contributed by atoms with Gasteiger partial charge in [0, 0.05) is 30.9 Å². The Bertz CT molecular complexity index is 813.